The third kappa shape index (κ3) is 5.57. The summed E-state index contributed by atoms with van der Waals surface area (Å²) in [5.41, 5.74) is 9.08. The van der Waals surface area contributed by atoms with Crippen LogP contribution < -0.4 is 0 Å². The molecule has 8 aromatic carbocycles. The second-order valence-electron chi connectivity index (χ2n) is 15.4. The number of benzene rings is 8. The van der Waals surface area contributed by atoms with Crippen molar-refractivity contribution in [2.24, 2.45) is 0 Å². The summed E-state index contributed by atoms with van der Waals surface area (Å²) in [5.74, 6) is 1.72. The van der Waals surface area contributed by atoms with Crippen LogP contribution in [0.3, 0.4) is 0 Å². The SMILES string of the molecule is C1=Cc2sc3cc(-c4cccc5c6c7ccccc7c7ccccc7c6n(-c6nc(-c7ccccc7)nc(-c7ccc8c(c7)oc7ccccc78)n6)c45)ccc3c2C=CC1.CC. The molecule has 0 bridgehead atoms. The zero-order valence-corrected chi connectivity index (χ0v) is 34.9. The van der Waals surface area contributed by atoms with Gasteiger partial charge in [0, 0.05) is 58.6 Å². The molecular weight excluding hydrogens is 777 g/mol. The van der Waals surface area contributed by atoms with Crippen LogP contribution in [-0.2, 0) is 0 Å². The molecule has 0 spiro atoms. The maximum Gasteiger partial charge on any atom is 0.238 e. The predicted octanol–water partition coefficient (Wildman–Crippen LogP) is 15.8. The molecule has 0 saturated heterocycles. The number of nitrogens with zero attached hydrogens (tertiary/aromatic N) is 4. The molecular formula is C56H38N4OS. The highest BCUT2D eigenvalue weighted by molar-refractivity contribution is 7.20. The first kappa shape index (κ1) is 36.2. The van der Waals surface area contributed by atoms with Crippen LogP contribution in [0.4, 0.5) is 0 Å². The number of fused-ring (bicyclic) bond motifs is 14. The highest BCUT2D eigenvalue weighted by atomic mass is 32.1. The van der Waals surface area contributed by atoms with Crippen LogP contribution in [0.15, 0.2) is 174 Å². The molecule has 0 aliphatic heterocycles. The van der Waals surface area contributed by atoms with E-state index in [1.807, 2.05) is 61.6 Å². The van der Waals surface area contributed by atoms with E-state index in [2.05, 4.69) is 150 Å². The lowest BCUT2D eigenvalue weighted by atomic mass is 9.96. The van der Waals surface area contributed by atoms with Gasteiger partial charge in [-0.2, -0.15) is 9.97 Å². The van der Waals surface area contributed by atoms with Gasteiger partial charge in [0.05, 0.1) is 11.0 Å². The number of furan rings is 1. The summed E-state index contributed by atoms with van der Waals surface area (Å²) in [5, 5.41) is 10.5. The van der Waals surface area contributed by atoms with Gasteiger partial charge >= 0.3 is 0 Å². The molecule has 5 nitrogen and oxygen atoms in total. The van der Waals surface area contributed by atoms with E-state index in [1.165, 1.54) is 42.1 Å². The van der Waals surface area contributed by atoms with Gasteiger partial charge < -0.3 is 4.42 Å². The van der Waals surface area contributed by atoms with Crippen LogP contribution in [0.2, 0.25) is 0 Å². The molecule has 0 fully saturated rings. The Labute approximate surface area is 361 Å². The van der Waals surface area contributed by atoms with Gasteiger partial charge in [0.25, 0.3) is 0 Å². The Balaban J connectivity index is 0.00000202. The monoisotopic (exact) mass is 814 g/mol. The summed E-state index contributed by atoms with van der Waals surface area (Å²) in [7, 11) is 0. The molecule has 0 amide bonds. The summed E-state index contributed by atoms with van der Waals surface area (Å²) in [6, 6.07) is 55.8. The van der Waals surface area contributed by atoms with Crippen molar-refractivity contribution in [1.82, 2.24) is 19.5 Å². The number of allylic oxidation sites excluding steroid dienone is 2. The minimum Gasteiger partial charge on any atom is -0.456 e. The number of para-hydroxylation sites is 2. The van der Waals surface area contributed by atoms with E-state index in [0.717, 1.165) is 72.4 Å². The zero-order valence-electron chi connectivity index (χ0n) is 34.1. The number of hydrogen-bond donors (Lipinski definition) is 0. The van der Waals surface area contributed by atoms with Crippen LogP contribution in [-0.4, -0.2) is 19.5 Å². The van der Waals surface area contributed by atoms with E-state index in [1.54, 1.807) is 0 Å². The molecule has 6 heteroatoms. The minimum atomic E-state index is 0.552. The van der Waals surface area contributed by atoms with Crippen molar-refractivity contribution < 1.29 is 4.42 Å². The lowest BCUT2D eigenvalue weighted by Gasteiger charge is -2.14. The van der Waals surface area contributed by atoms with E-state index in [-0.39, 0.29) is 0 Å². The molecule has 4 heterocycles. The molecule has 62 heavy (non-hydrogen) atoms. The van der Waals surface area contributed by atoms with E-state index in [4.69, 9.17) is 19.4 Å². The van der Waals surface area contributed by atoms with Crippen molar-refractivity contribution in [2.75, 3.05) is 0 Å². The van der Waals surface area contributed by atoms with Crippen molar-refractivity contribution in [3.05, 3.63) is 180 Å². The molecule has 1 aliphatic carbocycles. The van der Waals surface area contributed by atoms with Gasteiger partial charge in [-0.3, -0.25) is 4.57 Å². The summed E-state index contributed by atoms with van der Waals surface area (Å²) in [6.07, 6.45) is 9.99. The Kier molecular flexibility index (Phi) is 8.47. The van der Waals surface area contributed by atoms with E-state index in [9.17, 15) is 0 Å². The second kappa shape index (κ2) is 14.5. The Morgan fingerprint density at radius 1 is 0.484 bits per heavy atom. The average molecular weight is 815 g/mol. The maximum atomic E-state index is 6.38. The molecule has 13 rings (SSSR count). The molecule has 0 atom stereocenters. The van der Waals surface area contributed by atoms with E-state index >= 15 is 0 Å². The first-order valence-electron chi connectivity index (χ1n) is 21.3. The number of thiophene rings is 1. The summed E-state index contributed by atoms with van der Waals surface area (Å²) >= 11 is 1.85. The van der Waals surface area contributed by atoms with Gasteiger partial charge in [-0.1, -0.05) is 166 Å². The molecule has 0 saturated carbocycles. The van der Waals surface area contributed by atoms with Gasteiger partial charge in [0.1, 0.15) is 11.2 Å². The lowest BCUT2D eigenvalue weighted by molar-refractivity contribution is 0.669. The minimum absolute atomic E-state index is 0.552. The van der Waals surface area contributed by atoms with Gasteiger partial charge in [-0.05, 0) is 64.0 Å². The Morgan fingerprint density at radius 3 is 1.97 bits per heavy atom. The number of aromatic nitrogens is 4. The number of hydrogen-bond acceptors (Lipinski definition) is 5. The van der Waals surface area contributed by atoms with Crippen LogP contribution in [0.1, 0.15) is 30.7 Å². The summed E-state index contributed by atoms with van der Waals surface area (Å²) < 4.78 is 9.96. The molecule has 0 radical (unpaired) electrons. The van der Waals surface area contributed by atoms with Crippen LogP contribution >= 0.6 is 11.3 Å². The average Bonchev–Trinajstić information content (AvgIpc) is 3.95. The third-order valence-corrected chi connectivity index (χ3v) is 13.2. The molecule has 294 valence electrons. The highest BCUT2D eigenvalue weighted by Gasteiger charge is 2.25. The molecule has 1 aliphatic rings. The lowest BCUT2D eigenvalue weighted by Crippen LogP contribution is -2.07. The van der Waals surface area contributed by atoms with Gasteiger partial charge in [0.2, 0.25) is 5.95 Å². The first-order chi connectivity index (χ1) is 30.7. The van der Waals surface area contributed by atoms with Crippen molar-refractivity contribution >= 4 is 98.9 Å². The van der Waals surface area contributed by atoms with Gasteiger partial charge in [-0.25, -0.2) is 4.98 Å². The fourth-order valence-electron chi connectivity index (χ4n) is 9.37. The molecule has 0 N–H and O–H groups in total. The number of rotatable bonds is 4. The zero-order chi connectivity index (χ0) is 41.3. The predicted molar refractivity (Wildman–Crippen MR) is 262 cm³/mol. The summed E-state index contributed by atoms with van der Waals surface area (Å²) in [6.45, 7) is 4.00. The van der Waals surface area contributed by atoms with Gasteiger partial charge in [-0.15, -0.1) is 11.3 Å². The van der Waals surface area contributed by atoms with Crippen LogP contribution in [0.5, 0.6) is 0 Å². The van der Waals surface area contributed by atoms with Crippen LogP contribution in [0.25, 0.3) is 127 Å². The Morgan fingerprint density at radius 2 is 1.13 bits per heavy atom. The normalized spacial score (nSPS) is 12.5. The first-order valence-corrected chi connectivity index (χ1v) is 22.1. The molecule has 0 unspecified atom stereocenters. The maximum absolute atomic E-state index is 6.38. The molecule has 12 aromatic rings. The van der Waals surface area contributed by atoms with Crippen molar-refractivity contribution in [2.45, 2.75) is 20.3 Å². The standard InChI is InChI=1S/C54H32N4OS.C2H6/c1-3-14-32(15-4-1)52-55-53(34-27-28-39-38-18-11-12-24-45(38)59-46(39)30-34)57-54(56-52)58-50-35(33-26-29-41-40-19-5-2-6-25-47(40)60-48(41)31-33)22-13-23-44(50)49-42-20-9-7-16-36(42)37-17-8-10-21-43(37)51(49)58;1-2/h1,3-31H,2H2;1-2H3. The fourth-order valence-corrected chi connectivity index (χ4v) is 10.5. The third-order valence-electron chi connectivity index (χ3n) is 12.0. The van der Waals surface area contributed by atoms with Crippen molar-refractivity contribution in [1.29, 1.82) is 0 Å². The van der Waals surface area contributed by atoms with Crippen molar-refractivity contribution in [3.63, 3.8) is 0 Å². The fraction of sp³-hybridized carbons (Fsp3) is 0.0536. The van der Waals surface area contributed by atoms with Crippen LogP contribution in [0, 0.1) is 0 Å². The molecule has 4 aromatic heterocycles. The quantitative estimate of drug-likeness (QED) is 0.166. The highest BCUT2D eigenvalue weighted by Crippen LogP contribution is 2.46. The van der Waals surface area contributed by atoms with E-state index < -0.39 is 0 Å². The second-order valence-corrected chi connectivity index (χ2v) is 16.5. The Hall–Kier alpha value is -7.67. The smallest absolute Gasteiger partial charge is 0.238 e. The Bertz CT molecular complexity index is 3810. The van der Waals surface area contributed by atoms with E-state index in [0.29, 0.717) is 17.6 Å². The summed E-state index contributed by atoms with van der Waals surface area (Å²) in [4.78, 5) is 17.3. The van der Waals surface area contributed by atoms with Crippen molar-refractivity contribution in [3.8, 4) is 39.9 Å². The topological polar surface area (TPSA) is 56.7 Å². The van der Waals surface area contributed by atoms with Gasteiger partial charge in [0.15, 0.2) is 11.6 Å². The largest absolute Gasteiger partial charge is 0.456 e.